The first-order valence-corrected chi connectivity index (χ1v) is 4.28. The van der Waals surface area contributed by atoms with Gasteiger partial charge in [0, 0.05) is 0 Å². The summed E-state index contributed by atoms with van der Waals surface area (Å²) in [5.74, 6) is 0. The van der Waals surface area contributed by atoms with Gasteiger partial charge in [-0.3, -0.25) is 0 Å². The predicted octanol–water partition coefficient (Wildman–Crippen LogP) is 2.92. The molecule has 0 aliphatic carbocycles. The van der Waals surface area contributed by atoms with Crippen molar-refractivity contribution in [2.24, 2.45) is 0 Å². The van der Waals surface area contributed by atoms with Crippen molar-refractivity contribution >= 4 is 0 Å². The second kappa shape index (κ2) is 3.56. The minimum atomic E-state index is 1.09. The summed E-state index contributed by atoms with van der Waals surface area (Å²) in [7, 11) is 0. The zero-order chi connectivity index (χ0) is 8.27. The van der Waals surface area contributed by atoms with Crippen molar-refractivity contribution in [3.05, 3.63) is 34.9 Å². The molecule has 0 N–H and O–H groups in total. The van der Waals surface area contributed by atoms with Gasteiger partial charge in [-0.2, -0.15) is 0 Å². The van der Waals surface area contributed by atoms with Gasteiger partial charge in [-0.1, -0.05) is 26.0 Å². The molecule has 1 rings (SSSR count). The van der Waals surface area contributed by atoms with E-state index in [0.29, 0.717) is 0 Å². The molecule has 59 valence electrons. The van der Waals surface area contributed by atoms with E-state index >= 15 is 0 Å². The normalized spacial score (nSPS) is 10.1. The summed E-state index contributed by atoms with van der Waals surface area (Å²) in [4.78, 5) is 0. The average molecular weight is 147 g/mol. The lowest BCUT2D eigenvalue weighted by molar-refractivity contribution is 1.07. The summed E-state index contributed by atoms with van der Waals surface area (Å²) < 4.78 is 0. The second-order valence-corrected chi connectivity index (χ2v) is 2.90. The van der Waals surface area contributed by atoms with Crippen LogP contribution in [0.3, 0.4) is 0 Å². The molecule has 0 heterocycles. The molecule has 0 aliphatic rings. The third-order valence-corrected chi connectivity index (χ3v) is 1.91. The third kappa shape index (κ3) is 2.07. The first kappa shape index (κ1) is 8.32. The van der Waals surface area contributed by atoms with Crippen molar-refractivity contribution < 1.29 is 0 Å². The zero-order valence-electron chi connectivity index (χ0n) is 7.57. The van der Waals surface area contributed by atoms with Crippen molar-refractivity contribution in [1.29, 1.82) is 0 Å². The van der Waals surface area contributed by atoms with Crippen LogP contribution in [0.5, 0.6) is 0 Å². The van der Waals surface area contributed by atoms with Gasteiger partial charge in [-0.15, -0.1) is 0 Å². The van der Waals surface area contributed by atoms with Gasteiger partial charge in [0.2, 0.25) is 0 Å². The van der Waals surface area contributed by atoms with Crippen LogP contribution >= 0.6 is 0 Å². The maximum atomic E-state index is 3.33. The lowest BCUT2D eigenvalue weighted by Crippen LogP contribution is -1.87. The zero-order valence-corrected chi connectivity index (χ0v) is 7.57. The molecule has 11 heavy (non-hydrogen) atoms. The SMILES string of the molecule is CCc1[c]c(C)cc(CC)c1. The van der Waals surface area contributed by atoms with E-state index in [9.17, 15) is 0 Å². The van der Waals surface area contributed by atoms with Crippen molar-refractivity contribution in [1.82, 2.24) is 0 Å². The van der Waals surface area contributed by atoms with Gasteiger partial charge in [0.15, 0.2) is 0 Å². The summed E-state index contributed by atoms with van der Waals surface area (Å²) in [5.41, 5.74) is 4.03. The van der Waals surface area contributed by atoms with Crippen molar-refractivity contribution in [2.75, 3.05) is 0 Å². The molecule has 0 aromatic heterocycles. The Hall–Kier alpha value is -0.780. The van der Waals surface area contributed by atoms with Crippen LogP contribution in [0.2, 0.25) is 0 Å². The Balaban J connectivity index is 3.02. The predicted molar refractivity (Wildman–Crippen MR) is 48.8 cm³/mol. The van der Waals surface area contributed by atoms with Gasteiger partial charge in [0.25, 0.3) is 0 Å². The number of aryl methyl sites for hydroxylation is 3. The van der Waals surface area contributed by atoms with Crippen molar-refractivity contribution in [2.45, 2.75) is 33.6 Å². The van der Waals surface area contributed by atoms with Crippen molar-refractivity contribution in [3.8, 4) is 0 Å². The average Bonchev–Trinajstić information content (AvgIpc) is 2.03. The van der Waals surface area contributed by atoms with Crippen LogP contribution in [0.1, 0.15) is 30.5 Å². The molecule has 0 nitrogen and oxygen atoms in total. The van der Waals surface area contributed by atoms with E-state index in [0.717, 1.165) is 12.8 Å². The van der Waals surface area contributed by atoms with Crippen LogP contribution in [-0.4, -0.2) is 0 Å². The maximum absolute atomic E-state index is 3.33. The van der Waals surface area contributed by atoms with Crippen LogP contribution in [0.15, 0.2) is 12.1 Å². The molecule has 0 saturated carbocycles. The Labute approximate surface area is 69.3 Å². The van der Waals surface area contributed by atoms with Gasteiger partial charge in [0.05, 0.1) is 0 Å². The standard InChI is InChI=1S/C11H15/c1-4-10-6-9(3)7-11(5-2)8-10/h6,8H,4-5H2,1-3H3. The van der Waals surface area contributed by atoms with Crippen LogP contribution < -0.4 is 0 Å². The molecule has 1 aromatic rings. The van der Waals surface area contributed by atoms with E-state index in [2.05, 4.69) is 39.0 Å². The highest BCUT2D eigenvalue weighted by molar-refractivity contribution is 5.27. The Morgan fingerprint density at radius 2 is 1.91 bits per heavy atom. The van der Waals surface area contributed by atoms with Crippen molar-refractivity contribution in [3.63, 3.8) is 0 Å². The molecule has 0 unspecified atom stereocenters. The van der Waals surface area contributed by atoms with E-state index < -0.39 is 0 Å². The van der Waals surface area contributed by atoms with Crippen LogP contribution in [0, 0.1) is 13.0 Å². The molecular weight excluding hydrogens is 132 g/mol. The summed E-state index contributed by atoms with van der Waals surface area (Å²) in [6, 6.07) is 7.78. The summed E-state index contributed by atoms with van der Waals surface area (Å²) in [6.07, 6.45) is 2.22. The van der Waals surface area contributed by atoms with E-state index in [1.165, 1.54) is 16.7 Å². The van der Waals surface area contributed by atoms with Crippen LogP contribution in [-0.2, 0) is 12.8 Å². The Morgan fingerprint density at radius 3 is 2.45 bits per heavy atom. The molecule has 0 atom stereocenters. The molecule has 0 spiro atoms. The Bertz CT molecular complexity index is 214. The highest BCUT2D eigenvalue weighted by atomic mass is 14.0. The van der Waals surface area contributed by atoms with Gasteiger partial charge >= 0.3 is 0 Å². The van der Waals surface area contributed by atoms with Crippen LogP contribution in [0.25, 0.3) is 0 Å². The van der Waals surface area contributed by atoms with E-state index in [4.69, 9.17) is 0 Å². The minimum absolute atomic E-state index is 1.09. The number of hydrogen-bond acceptors (Lipinski definition) is 0. The topological polar surface area (TPSA) is 0 Å². The van der Waals surface area contributed by atoms with E-state index in [1.807, 2.05) is 0 Å². The second-order valence-electron chi connectivity index (χ2n) is 2.90. The molecule has 0 amide bonds. The van der Waals surface area contributed by atoms with Gasteiger partial charge in [-0.05, 0) is 42.5 Å². The Kier molecular flexibility index (Phi) is 2.70. The quantitative estimate of drug-likeness (QED) is 0.603. The lowest BCUT2D eigenvalue weighted by Gasteiger charge is -2.02. The van der Waals surface area contributed by atoms with Gasteiger partial charge < -0.3 is 0 Å². The fraction of sp³-hybridized carbons (Fsp3) is 0.455. The fourth-order valence-electron chi connectivity index (χ4n) is 1.26. The smallest absolute Gasteiger partial charge is 0.0117 e. The van der Waals surface area contributed by atoms with Gasteiger partial charge in [-0.25, -0.2) is 0 Å². The van der Waals surface area contributed by atoms with E-state index in [-0.39, 0.29) is 0 Å². The number of benzene rings is 1. The molecule has 1 aromatic carbocycles. The number of hydrogen-bond donors (Lipinski definition) is 0. The van der Waals surface area contributed by atoms with Crippen LogP contribution in [0.4, 0.5) is 0 Å². The molecule has 0 saturated heterocycles. The lowest BCUT2D eigenvalue weighted by atomic mass is 10.0. The number of rotatable bonds is 2. The van der Waals surface area contributed by atoms with E-state index in [1.54, 1.807) is 0 Å². The summed E-state index contributed by atoms with van der Waals surface area (Å²) in [5, 5.41) is 0. The first-order valence-electron chi connectivity index (χ1n) is 4.28. The monoisotopic (exact) mass is 147 g/mol. The minimum Gasteiger partial charge on any atom is -0.0613 e. The molecule has 0 bridgehead atoms. The molecule has 0 heteroatoms. The molecule has 0 aliphatic heterocycles. The molecular formula is C11H15. The fourth-order valence-corrected chi connectivity index (χ4v) is 1.26. The highest BCUT2D eigenvalue weighted by Crippen LogP contribution is 2.09. The maximum Gasteiger partial charge on any atom is -0.0117 e. The molecule has 0 fully saturated rings. The Morgan fingerprint density at radius 1 is 1.18 bits per heavy atom. The summed E-state index contributed by atoms with van der Waals surface area (Å²) >= 11 is 0. The highest BCUT2D eigenvalue weighted by Gasteiger charge is 1.94. The summed E-state index contributed by atoms with van der Waals surface area (Å²) in [6.45, 7) is 6.47. The van der Waals surface area contributed by atoms with Gasteiger partial charge in [0.1, 0.15) is 0 Å². The third-order valence-electron chi connectivity index (χ3n) is 1.91. The first-order chi connectivity index (χ1) is 5.26. The largest absolute Gasteiger partial charge is 0.0613 e. The molecule has 1 radical (unpaired) electrons.